The summed E-state index contributed by atoms with van der Waals surface area (Å²) in [5, 5.41) is 2.55. The molecule has 0 spiro atoms. The molecule has 2 aromatic heterocycles. The lowest BCUT2D eigenvalue weighted by atomic mass is 10.3. The van der Waals surface area contributed by atoms with Gasteiger partial charge in [0.25, 0.3) is 5.56 Å². The number of thiophene rings is 1. The molecular formula is C9H10I2N2O2S. The van der Waals surface area contributed by atoms with Crippen LogP contribution in [0.1, 0.15) is 5.56 Å². The van der Waals surface area contributed by atoms with Gasteiger partial charge in [-0.3, -0.25) is 13.9 Å². The highest BCUT2D eigenvalue weighted by Gasteiger charge is 2.11. The van der Waals surface area contributed by atoms with Crippen molar-refractivity contribution >= 4 is 58.8 Å². The summed E-state index contributed by atoms with van der Waals surface area (Å²) in [4.78, 5) is 24.0. The van der Waals surface area contributed by atoms with Crippen LogP contribution in [0.4, 0.5) is 0 Å². The summed E-state index contributed by atoms with van der Waals surface area (Å²) in [6.45, 7) is 1.88. The molecule has 2 rings (SSSR count). The summed E-state index contributed by atoms with van der Waals surface area (Å²) in [7, 11) is 3.18. The molecule has 4 nitrogen and oxygen atoms in total. The third-order valence-electron chi connectivity index (χ3n) is 2.35. The molecule has 0 aliphatic carbocycles. The molecule has 2 aromatic rings. The molecule has 0 saturated carbocycles. The van der Waals surface area contributed by atoms with E-state index in [0.717, 1.165) is 15.0 Å². The third kappa shape index (κ3) is 2.21. The van der Waals surface area contributed by atoms with Crippen LogP contribution in [0.5, 0.6) is 0 Å². The van der Waals surface area contributed by atoms with Crippen molar-refractivity contribution < 1.29 is 0 Å². The van der Waals surface area contributed by atoms with Gasteiger partial charge < -0.3 is 0 Å². The zero-order chi connectivity index (χ0) is 12.5. The molecule has 0 saturated heterocycles. The number of halogens is 2. The van der Waals surface area contributed by atoms with Gasteiger partial charge in [-0.2, -0.15) is 0 Å². The van der Waals surface area contributed by atoms with Gasteiger partial charge in [-0.1, -0.05) is 0 Å². The van der Waals surface area contributed by atoms with E-state index in [-0.39, 0.29) is 11.2 Å². The van der Waals surface area contributed by atoms with E-state index >= 15 is 0 Å². The number of hydrogen-bond acceptors (Lipinski definition) is 3. The summed E-state index contributed by atoms with van der Waals surface area (Å²) in [6.07, 6.45) is 0. The molecule has 0 aliphatic rings. The molecular weight excluding hydrogens is 454 g/mol. The van der Waals surface area contributed by atoms with Crippen molar-refractivity contribution in [3.05, 3.63) is 31.8 Å². The van der Waals surface area contributed by atoms with Gasteiger partial charge in [0, 0.05) is 51.3 Å². The largest absolute Gasteiger partial charge is 0.331 e. The van der Waals surface area contributed by atoms with E-state index in [1.807, 2.05) is 12.3 Å². The maximum Gasteiger partial charge on any atom is 0.331 e. The summed E-state index contributed by atoms with van der Waals surface area (Å²) in [5.41, 5.74) is 0.451. The second-order valence-corrected chi connectivity index (χ2v) is 4.16. The van der Waals surface area contributed by atoms with Crippen LogP contribution in [-0.4, -0.2) is 9.13 Å². The zero-order valence-corrected chi connectivity index (χ0v) is 14.1. The van der Waals surface area contributed by atoms with Gasteiger partial charge in [-0.05, 0) is 17.9 Å². The molecule has 0 atom stereocenters. The normalized spacial score (nSPS) is 10.1. The Hall–Kier alpha value is 0.1000. The average Bonchev–Trinajstić information content (AvgIpc) is 2.68. The van der Waals surface area contributed by atoms with Gasteiger partial charge in [-0.15, -0.1) is 11.3 Å². The molecule has 0 N–H and O–H groups in total. The van der Waals surface area contributed by atoms with Crippen molar-refractivity contribution in [2.75, 3.05) is 0 Å². The first-order valence-electron chi connectivity index (χ1n) is 4.32. The zero-order valence-electron chi connectivity index (χ0n) is 8.95. The topological polar surface area (TPSA) is 44.0 Å². The Morgan fingerprint density at radius 3 is 2.31 bits per heavy atom. The maximum atomic E-state index is 11.7. The lowest BCUT2D eigenvalue weighted by Gasteiger charge is -2.02. The fourth-order valence-corrected chi connectivity index (χ4v) is 2.51. The number of hydrogen-bond donors (Lipinski definition) is 0. The van der Waals surface area contributed by atoms with Gasteiger partial charge >= 0.3 is 5.69 Å². The van der Waals surface area contributed by atoms with E-state index < -0.39 is 0 Å². The molecule has 0 fully saturated rings. The molecule has 0 amide bonds. The highest BCUT2D eigenvalue weighted by Crippen LogP contribution is 2.19. The minimum Gasteiger partial charge on any atom is -0.287 e. The first-order chi connectivity index (χ1) is 7.54. The van der Waals surface area contributed by atoms with E-state index in [1.165, 1.54) is 23.0 Å². The first-order valence-corrected chi connectivity index (χ1v) is 11.5. The third-order valence-corrected chi connectivity index (χ3v) is 3.53. The highest BCUT2D eigenvalue weighted by atomic mass is 128. The SMILES string of the molecule is Cc1csc2c1c(=O)n(C)c(=O)n2C.II. The molecule has 0 radical (unpaired) electrons. The lowest BCUT2D eigenvalue weighted by molar-refractivity contribution is 0.717. The summed E-state index contributed by atoms with van der Waals surface area (Å²) in [6, 6.07) is 0. The van der Waals surface area contributed by atoms with E-state index in [1.54, 1.807) is 7.05 Å². The Morgan fingerprint density at radius 2 is 1.75 bits per heavy atom. The summed E-state index contributed by atoms with van der Waals surface area (Å²) in [5.74, 6) is 0. The van der Waals surface area contributed by atoms with Crippen molar-refractivity contribution in [1.82, 2.24) is 9.13 Å². The van der Waals surface area contributed by atoms with E-state index in [0.29, 0.717) is 5.39 Å². The fourth-order valence-electron chi connectivity index (χ4n) is 1.50. The predicted molar refractivity (Wildman–Crippen MR) is 85.1 cm³/mol. The summed E-state index contributed by atoms with van der Waals surface area (Å²) >= 11 is 5.67. The second kappa shape index (κ2) is 5.63. The molecule has 7 heteroatoms. The average molecular weight is 464 g/mol. The predicted octanol–water partition coefficient (Wildman–Crippen LogP) is 2.38. The van der Waals surface area contributed by atoms with Crippen LogP contribution < -0.4 is 11.2 Å². The lowest BCUT2D eigenvalue weighted by Crippen LogP contribution is -2.36. The van der Waals surface area contributed by atoms with Crippen LogP contribution in [-0.2, 0) is 14.1 Å². The minimum absolute atomic E-state index is 0.207. The van der Waals surface area contributed by atoms with Gasteiger partial charge in [0.15, 0.2) is 0 Å². The van der Waals surface area contributed by atoms with Crippen LogP contribution in [0.2, 0.25) is 0 Å². The molecule has 0 unspecified atom stereocenters. The minimum atomic E-state index is -0.274. The quantitative estimate of drug-likeness (QED) is 0.563. The van der Waals surface area contributed by atoms with E-state index in [4.69, 9.17) is 0 Å². The van der Waals surface area contributed by atoms with Crippen LogP contribution in [0, 0.1) is 6.92 Å². The van der Waals surface area contributed by atoms with Crippen molar-refractivity contribution in [3.8, 4) is 0 Å². The van der Waals surface area contributed by atoms with Gasteiger partial charge in [0.05, 0.1) is 5.39 Å². The maximum absolute atomic E-state index is 11.7. The second-order valence-electron chi connectivity index (χ2n) is 3.30. The van der Waals surface area contributed by atoms with Gasteiger partial charge in [0.1, 0.15) is 4.83 Å². The highest BCUT2D eigenvalue weighted by molar-refractivity contribution is 15.0. The van der Waals surface area contributed by atoms with Gasteiger partial charge in [-0.25, -0.2) is 4.79 Å². The van der Waals surface area contributed by atoms with Crippen molar-refractivity contribution in [1.29, 1.82) is 0 Å². The standard InChI is InChI=1S/C9H10N2O2S.I2/c1-5-4-14-8-6(5)7(12)10(2)9(13)11(8)3;1-2/h4H,1-3H3;. The molecule has 0 aromatic carbocycles. The molecule has 2 heterocycles. The number of rotatable bonds is 0. The number of nitrogens with zero attached hydrogens (tertiary/aromatic N) is 2. The molecule has 16 heavy (non-hydrogen) atoms. The van der Waals surface area contributed by atoms with E-state index in [9.17, 15) is 9.59 Å². The van der Waals surface area contributed by atoms with Crippen LogP contribution in [0.25, 0.3) is 10.2 Å². The monoisotopic (exact) mass is 464 g/mol. The molecule has 88 valence electrons. The van der Waals surface area contributed by atoms with Crippen molar-refractivity contribution in [2.45, 2.75) is 6.92 Å². The van der Waals surface area contributed by atoms with Crippen LogP contribution >= 0.6 is 48.6 Å². The van der Waals surface area contributed by atoms with Crippen LogP contribution in [0.3, 0.4) is 0 Å². The van der Waals surface area contributed by atoms with Crippen LogP contribution in [0.15, 0.2) is 15.0 Å². The smallest absolute Gasteiger partial charge is 0.287 e. The van der Waals surface area contributed by atoms with Crippen molar-refractivity contribution in [2.24, 2.45) is 14.1 Å². The number of aromatic nitrogens is 2. The van der Waals surface area contributed by atoms with Gasteiger partial charge in [0.2, 0.25) is 0 Å². The first kappa shape index (κ1) is 14.2. The van der Waals surface area contributed by atoms with Crippen molar-refractivity contribution in [3.63, 3.8) is 0 Å². The van der Waals surface area contributed by atoms with E-state index in [2.05, 4.69) is 37.2 Å². The fraction of sp³-hybridized carbons (Fsp3) is 0.333. The molecule has 0 aliphatic heterocycles. The summed E-state index contributed by atoms with van der Waals surface area (Å²) < 4.78 is 2.65. The Labute approximate surface area is 120 Å². The number of fused-ring (bicyclic) bond motifs is 1. The molecule has 0 bridgehead atoms. The Balaban J connectivity index is 0.000000606. The Kier molecular flexibility index (Phi) is 4.98. The Bertz CT molecular complexity index is 627. The Morgan fingerprint density at radius 1 is 1.19 bits per heavy atom. The number of aryl methyl sites for hydroxylation is 2.